The van der Waals surface area contributed by atoms with Crippen molar-refractivity contribution in [2.75, 3.05) is 0 Å². The Morgan fingerprint density at radius 1 is 1.39 bits per heavy atom. The van der Waals surface area contributed by atoms with Gasteiger partial charge in [-0.15, -0.1) is 0 Å². The Balaban J connectivity index is 1.88. The Morgan fingerprint density at radius 2 is 2.17 bits per heavy atom. The van der Waals surface area contributed by atoms with Crippen LogP contribution in [0.5, 0.6) is 0 Å². The van der Waals surface area contributed by atoms with E-state index in [1.807, 2.05) is 37.5 Å². The predicted molar refractivity (Wildman–Crippen MR) is 71.7 cm³/mol. The summed E-state index contributed by atoms with van der Waals surface area (Å²) in [6.45, 7) is 0. The molecule has 4 heteroatoms. The van der Waals surface area contributed by atoms with E-state index in [-0.39, 0.29) is 5.78 Å². The van der Waals surface area contributed by atoms with Gasteiger partial charge in [-0.05, 0) is 23.6 Å². The molecule has 0 radical (unpaired) electrons. The molecule has 1 aromatic carbocycles. The fraction of sp³-hybridized carbons (Fsp3) is 0.286. The standard InChI is InChI=1S/C14H15ClN2O/c1-17-10-11(9-16-17)6-7-13(18)8-12-4-2-3-5-14(12)15/h2-5,9-10H,6-8H2,1H3. The lowest BCUT2D eigenvalue weighted by Gasteiger charge is -2.02. The molecule has 0 N–H and O–H groups in total. The number of nitrogens with zero attached hydrogens (tertiary/aromatic N) is 2. The van der Waals surface area contributed by atoms with Crippen LogP contribution < -0.4 is 0 Å². The molecular weight excluding hydrogens is 248 g/mol. The van der Waals surface area contributed by atoms with Gasteiger partial charge in [0.1, 0.15) is 5.78 Å². The highest BCUT2D eigenvalue weighted by molar-refractivity contribution is 6.31. The number of benzene rings is 1. The van der Waals surface area contributed by atoms with Crippen molar-refractivity contribution in [1.29, 1.82) is 0 Å². The smallest absolute Gasteiger partial charge is 0.137 e. The van der Waals surface area contributed by atoms with Crippen LogP contribution in [0.2, 0.25) is 5.02 Å². The summed E-state index contributed by atoms with van der Waals surface area (Å²) in [7, 11) is 1.87. The van der Waals surface area contributed by atoms with Crippen molar-refractivity contribution >= 4 is 17.4 Å². The molecule has 0 saturated carbocycles. The highest BCUT2D eigenvalue weighted by atomic mass is 35.5. The molecule has 0 spiro atoms. The van der Waals surface area contributed by atoms with Gasteiger partial charge < -0.3 is 0 Å². The molecule has 0 unspecified atom stereocenters. The molecule has 1 heterocycles. The summed E-state index contributed by atoms with van der Waals surface area (Å²) in [6.07, 6.45) is 5.39. The van der Waals surface area contributed by atoms with E-state index in [0.717, 1.165) is 17.5 Å². The minimum atomic E-state index is 0.201. The topological polar surface area (TPSA) is 34.9 Å². The number of hydrogen-bond acceptors (Lipinski definition) is 2. The molecule has 1 aromatic heterocycles. The van der Waals surface area contributed by atoms with Gasteiger partial charge in [0.25, 0.3) is 0 Å². The molecule has 0 aliphatic heterocycles. The van der Waals surface area contributed by atoms with Gasteiger partial charge in [-0.25, -0.2) is 0 Å². The lowest BCUT2D eigenvalue weighted by Crippen LogP contribution is -2.04. The molecule has 94 valence electrons. The number of ketones is 1. The summed E-state index contributed by atoms with van der Waals surface area (Å²) in [5.74, 6) is 0.201. The molecule has 0 aliphatic carbocycles. The van der Waals surface area contributed by atoms with E-state index in [1.54, 1.807) is 10.9 Å². The third kappa shape index (κ3) is 3.44. The second kappa shape index (κ2) is 5.83. The number of carbonyl (C=O) groups is 1. The van der Waals surface area contributed by atoms with Crippen molar-refractivity contribution in [3.8, 4) is 0 Å². The number of aryl methyl sites for hydroxylation is 2. The van der Waals surface area contributed by atoms with Crippen molar-refractivity contribution in [3.05, 3.63) is 52.8 Å². The largest absolute Gasteiger partial charge is 0.299 e. The van der Waals surface area contributed by atoms with E-state index in [1.165, 1.54) is 0 Å². The number of halogens is 1. The van der Waals surface area contributed by atoms with Gasteiger partial charge in [0.15, 0.2) is 0 Å². The molecule has 0 aliphatic rings. The lowest BCUT2D eigenvalue weighted by atomic mass is 10.0. The SMILES string of the molecule is Cn1cc(CCC(=O)Cc2ccccc2Cl)cn1. The monoisotopic (exact) mass is 262 g/mol. The number of hydrogen-bond donors (Lipinski definition) is 0. The maximum absolute atomic E-state index is 11.9. The summed E-state index contributed by atoms with van der Waals surface area (Å²) in [4.78, 5) is 11.9. The second-order valence-electron chi connectivity index (χ2n) is 4.33. The number of carbonyl (C=O) groups excluding carboxylic acids is 1. The van der Waals surface area contributed by atoms with Crippen LogP contribution in [0.15, 0.2) is 36.7 Å². The molecule has 0 amide bonds. The Labute approximate surface area is 111 Å². The first-order valence-corrected chi connectivity index (χ1v) is 6.25. The zero-order valence-corrected chi connectivity index (χ0v) is 11.0. The van der Waals surface area contributed by atoms with E-state index < -0.39 is 0 Å². The van der Waals surface area contributed by atoms with E-state index in [0.29, 0.717) is 17.9 Å². The van der Waals surface area contributed by atoms with Crippen LogP contribution in [-0.2, 0) is 24.7 Å². The fourth-order valence-electron chi connectivity index (χ4n) is 1.83. The van der Waals surface area contributed by atoms with E-state index in [4.69, 9.17) is 11.6 Å². The number of Topliss-reactive ketones (excluding diaryl/α,β-unsaturated/α-hetero) is 1. The van der Waals surface area contributed by atoms with E-state index >= 15 is 0 Å². The van der Waals surface area contributed by atoms with Crippen LogP contribution in [0.25, 0.3) is 0 Å². The molecule has 2 aromatic rings. The second-order valence-corrected chi connectivity index (χ2v) is 4.74. The molecule has 0 saturated heterocycles. The summed E-state index contributed by atoms with van der Waals surface area (Å²) < 4.78 is 1.74. The molecule has 0 atom stereocenters. The Bertz CT molecular complexity index is 548. The van der Waals surface area contributed by atoms with Gasteiger partial charge in [-0.1, -0.05) is 29.8 Å². The number of rotatable bonds is 5. The first-order valence-electron chi connectivity index (χ1n) is 5.88. The van der Waals surface area contributed by atoms with Gasteiger partial charge in [-0.3, -0.25) is 9.48 Å². The normalized spacial score (nSPS) is 10.6. The van der Waals surface area contributed by atoms with Crippen molar-refractivity contribution < 1.29 is 4.79 Å². The van der Waals surface area contributed by atoms with Gasteiger partial charge in [0.2, 0.25) is 0 Å². The minimum Gasteiger partial charge on any atom is -0.299 e. The van der Waals surface area contributed by atoms with Crippen LogP contribution in [-0.4, -0.2) is 15.6 Å². The van der Waals surface area contributed by atoms with E-state index in [9.17, 15) is 4.79 Å². The summed E-state index contributed by atoms with van der Waals surface area (Å²) in [5, 5.41) is 4.74. The molecule has 3 nitrogen and oxygen atoms in total. The van der Waals surface area contributed by atoms with E-state index in [2.05, 4.69) is 5.10 Å². The lowest BCUT2D eigenvalue weighted by molar-refractivity contribution is -0.118. The first kappa shape index (κ1) is 12.8. The van der Waals surface area contributed by atoms with Crippen LogP contribution >= 0.6 is 11.6 Å². The molecule has 0 bridgehead atoms. The average molecular weight is 263 g/mol. The number of aromatic nitrogens is 2. The molecule has 0 fully saturated rings. The third-order valence-electron chi connectivity index (χ3n) is 2.80. The zero-order chi connectivity index (χ0) is 13.0. The Morgan fingerprint density at radius 3 is 2.83 bits per heavy atom. The predicted octanol–water partition coefficient (Wildman–Crippen LogP) is 2.82. The van der Waals surface area contributed by atoms with Crippen LogP contribution in [0.1, 0.15) is 17.5 Å². The molecule has 18 heavy (non-hydrogen) atoms. The maximum atomic E-state index is 11.9. The maximum Gasteiger partial charge on any atom is 0.137 e. The van der Waals surface area contributed by atoms with Crippen molar-refractivity contribution in [2.45, 2.75) is 19.3 Å². The summed E-state index contributed by atoms with van der Waals surface area (Å²) in [6, 6.07) is 7.47. The van der Waals surface area contributed by atoms with Gasteiger partial charge in [0.05, 0.1) is 6.20 Å². The quantitative estimate of drug-likeness (QED) is 0.831. The zero-order valence-electron chi connectivity index (χ0n) is 10.3. The van der Waals surface area contributed by atoms with Crippen molar-refractivity contribution in [1.82, 2.24) is 9.78 Å². The Hall–Kier alpha value is -1.61. The fourth-order valence-corrected chi connectivity index (χ4v) is 2.03. The van der Waals surface area contributed by atoms with Crippen LogP contribution in [0, 0.1) is 0 Å². The third-order valence-corrected chi connectivity index (χ3v) is 3.17. The summed E-state index contributed by atoms with van der Waals surface area (Å²) in [5.41, 5.74) is 1.99. The molecular formula is C14H15ClN2O. The summed E-state index contributed by atoms with van der Waals surface area (Å²) >= 11 is 6.02. The Kier molecular flexibility index (Phi) is 4.15. The van der Waals surface area contributed by atoms with Crippen molar-refractivity contribution in [2.24, 2.45) is 7.05 Å². The van der Waals surface area contributed by atoms with Gasteiger partial charge in [0, 0.05) is 31.1 Å². The van der Waals surface area contributed by atoms with Crippen LogP contribution in [0.3, 0.4) is 0 Å². The van der Waals surface area contributed by atoms with Crippen LogP contribution in [0.4, 0.5) is 0 Å². The first-order chi connectivity index (χ1) is 8.65. The van der Waals surface area contributed by atoms with Gasteiger partial charge >= 0.3 is 0 Å². The highest BCUT2D eigenvalue weighted by Crippen LogP contribution is 2.16. The highest BCUT2D eigenvalue weighted by Gasteiger charge is 2.07. The molecule has 2 rings (SSSR count). The average Bonchev–Trinajstić information content (AvgIpc) is 2.76. The van der Waals surface area contributed by atoms with Gasteiger partial charge in [-0.2, -0.15) is 5.10 Å². The van der Waals surface area contributed by atoms with Crippen molar-refractivity contribution in [3.63, 3.8) is 0 Å². The minimum absolute atomic E-state index is 0.201.